The first-order valence-electron chi connectivity index (χ1n) is 7.97. The zero-order chi connectivity index (χ0) is 19.6. The minimum absolute atomic E-state index is 0.0977. The number of carbonyl (C=O) groups is 2. The summed E-state index contributed by atoms with van der Waals surface area (Å²) in [7, 11) is 2.91. The lowest BCUT2D eigenvalue weighted by Crippen LogP contribution is -2.20. The van der Waals surface area contributed by atoms with Gasteiger partial charge in [-0.25, -0.2) is 4.98 Å². The highest BCUT2D eigenvalue weighted by Gasteiger charge is 2.24. The number of nitrogens with two attached hydrogens (primary N) is 1. The number of thioether (sulfide) groups is 1. The highest BCUT2D eigenvalue weighted by atomic mass is 32.2. The predicted octanol–water partition coefficient (Wildman–Crippen LogP) is 2.65. The lowest BCUT2D eigenvalue weighted by molar-refractivity contribution is 0.100. The van der Waals surface area contributed by atoms with Gasteiger partial charge in [-0.1, -0.05) is 0 Å². The van der Waals surface area contributed by atoms with Crippen molar-refractivity contribution in [2.45, 2.75) is 11.8 Å². The molecule has 3 rings (SSSR count). The van der Waals surface area contributed by atoms with Crippen LogP contribution in [-0.2, 0) is 0 Å². The van der Waals surface area contributed by atoms with Gasteiger partial charge in [0, 0.05) is 22.4 Å². The van der Waals surface area contributed by atoms with Crippen molar-refractivity contribution in [3.05, 3.63) is 35.5 Å². The van der Waals surface area contributed by atoms with E-state index in [4.69, 9.17) is 15.2 Å². The normalized spacial score (nSPS) is 12.6. The van der Waals surface area contributed by atoms with E-state index in [1.807, 2.05) is 13.0 Å². The van der Waals surface area contributed by atoms with Gasteiger partial charge in [0.15, 0.2) is 0 Å². The van der Waals surface area contributed by atoms with Crippen molar-refractivity contribution in [3.8, 4) is 11.6 Å². The van der Waals surface area contributed by atoms with Gasteiger partial charge in [-0.15, -0.1) is 11.8 Å². The lowest BCUT2D eigenvalue weighted by atomic mass is 10.1. The van der Waals surface area contributed by atoms with Crippen molar-refractivity contribution < 1.29 is 19.1 Å². The van der Waals surface area contributed by atoms with Crippen LogP contribution in [0, 0.1) is 0 Å². The molecule has 0 aliphatic carbocycles. The number of methoxy groups -OCH3 is 2. The number of primary amides is 1. The molecule has 0 saturated heterocycles. The van der Waals surface area contributed by atoms with E-state index in [1.165, 1.54) is 38.2 Å². The molecule has 8 nitrogen and oxygen atoms in total. The van der Waals surface area contributed by atoms with Gasteiger partial charge in [-0.3, -0.25) is 14.6 Å². The molecule has 0 saturated carbocycles. The molecule has 0 radical (unpaired) electrons. The van der Waals surface area contributed by atoms with Crippen LogP contribution in [0.4, 0.5) is 11.4 Å². The first-order chi connectivity index (χ1) is 12.9. The number of aliphatic imine (C=N–C) groups is 1. The molecule has 9 heteroatoms. The minimum atomic E-state index is -0.706. The molecule has 3 N–H and O–H groups in total. The molecule has 0 bridgehead atoms. The van der Waals surface area contributed by atoms with Gasteiger partial charge in [0.05, 0.1) is 42.9 Å². The third-order valence-electron chi connectivity index (χ3n) is 3.88. The number of rotatable bonds is 5. The third-order valence-corrected chi connectivity index (χ3v) is 5.15. The van der Waals surface area contributed by atoms with Crippen LogP contribution in [0.25, 0.3) is 0 Å². The van der Waals surface area contributed by atoms with E-state index in [0.29, 0.717) is 22.8 Å². The van der Waals surface area contributed by atoms with E-state index < -0.39 is 11.8 Å². The van der Waals surface area contributed by atoms with Crippen molar-refractivity contribution >= 4 is 40.7 Å². The van der Waals surface area contributed by atoms with Gasteiger partial charge in [0.25, 0.3) is 11.8 Å². The average Bonchev–Trinajstić information content (AvgIpc) is 2.66. The van der Waals surface area contributed by atoms with E-state index in [1.54, 1.807) is 6.07 Å². The summed E-state index contributed by atoms with van der Waals surface area (Å²) in [6, 6.07) is 4.88. The molecule has 1 aliphatic heterocycles. The van der Waals surface area contributed by atoms with Gasteiger partial charge < -0.3 is 20.5 Å². The first-order valence-corrected chi connectivity index (χ1v) is 8.96. The van der Waals surface area contributed by atoms with Crippen LogP contribution in [0.1, 0.15) is 27.6 Å². The molecule has 2 aromatic rings. The monoisotopic (exact) mass is 386 g/mol. The molecule has 1 aliphatic rings. The zero-order valence-corrected chi connectivity index (χ0v) is 15.8. The summed E-state index contributed by atoms with van der Waals surface area (Å²) in [5.74, 6) is 0.160. The number of carbonyl (C=O) groups excluding carboxylic acids is 2. The summed E-state index contributed by atoms with van der Waals surface area (Å²) in [6.07, 6.45) is 1.33. The molecular formula is C18H18N4O4S. The fourth-order valence-corrected chi connectivity index (χ4v) is 3.64. The smallest absolute Gasteiger partial charge is 0.260 e. The minimum Gasteiger partial charge on any atom is -0.496 e. The van der Waals surface area contributed by atoms with E-state index in [2.05, 4.69) is 15.3 Å². The summed E-state index contributed by atoms with van der Waals surface area (Å²) in [5, 5.41) is 2.70. The maximum Gasteiger partial charge on any atom is 0.260 e. The number of benzene rings is 1. The molecule has 140 valence electrons. The number of ether oxygens (including phenoxy) is 2. The number of hydrogen-bond donors (Lipinski definition) is 2. The molecule has 2 heterocycles. The summed E-state index contributed by atoms with van der Waals surface area (Å²) < 4.78 is 10.4. The van der Waals surface area contributed by atoms with E-state index in [9.17, 15) is 9.59 Å². The number of nitrogens with one attached hydrogen (secondary N) is 1. The second kappa shape index (κ2) is 7.67. The van der Waals surface area contributed by atoms with E-state index in [-0.39, 0.29) is 17.1 Å². The second-order valence-electron chi connectivity index (χ2n) is 5.72. The lowest BCUT2D eigenvalue weighted by Gasteiger charge is -2.19. The highest BCUT2D eigenvalue weighted by Crippen LogP contribution is 2.41. The number of fused-ring (bicyclic) bond motifs is 1. The Bertz CT molecular complexity index is 959. The predicted molar refractivity (Wildman–Crippen MR) is 104 cm³/mol. The van der Waals surface area contributed by atoms with Crippen molar-refractivity contribution in [1.29, 1.82) is 0 Å². The Morgan fingerprint density at radius 2 is 2.04 bits per heavy atom. The van der Waals surface area contributed by atoms with Crippen LogP contribution >= 0.6 is 11.8 Å². The van der Waals surface area contributed by atoms with Gasteiger partial charge in [0.2, 0.25) is 5.88 Å². The van der Waals surface area contributed by atoms with Crippen molar-refractivity contribution in [1.82, 2.24) is 4.98 Å². The molecule has 0 spiro atoms. The second-order valence-corrected chi connectivity index (χ2v) is 6.70. The molecule has 2 amide bonds. The third kappa shape index (κ3) is 3.72. The summed E-state index contributed by atoms with van der Waals surface area (Å²) in [6.45, 7) is 1.93. The SMILES string of the molecule is COc1cc(C(N)=O)c(NC(=O)c2c(OC)ccc3c2SCC(C)=N3)cn1. The molecule has 1 aromatic heterocycles. The maximum absolute atomic E-state index is 13.0. The molecular weight excluding hydrogens is 368 g/mol. The molecule has 0 unspecified atom stereocenters. The Kier molecular flexibility index (Phi) is 5.31. The number of amides is 2. The Morgan fingerprint density at radius 3 is 2.70 bits per heavy atom. The number of aromatic nitrogens is 1. The largest absolute Gasteiger partial charge is 0.496 e. The topological polar surface area (TPSA) is 116 Å². The molecule has 0 atom stereocenters. The van der Waals surface area contributed by atoms with Crippen molar-refractivity contribution in [2.24, 2.45) is 10.7 Å². The quantitative estimate of drug-likeness (QED) is 0.816. The zero-order valence-electron chi connectivity index (χ0n) is 15.0. The average molecular weight is 386 g/mol. The summed E-state index contributed by atoms with van der Waals surface area (Å²) in [5.41, 5.74) is 7.73. The fourth-order valence-electron chi connectivity index (χ4n) is 2.62. The van der Waals surface area contributed by atoms with E-state index in [0.717, 1.165) is 10.6 Å². The number of nitrogens with zero attached hydrogens (tertiary/aromatic N) is 2. The van der Waals surface area contributed by atoms with Crippen LogP contribution in [0.5, 0.6) is 11.6 Å². The van der Waals surface area contributed by atoms with Gasteiger partial charge in [-0.05, 0) is 19.1 Å². The Labute approximate surface area is 160 Å². The van der Waals surface area contributed by atoms with Crippen LogP contribution in [0.2, 0.25) is 0 Å². The van der Waals surface area contributed by atoms with Crippen LogP contribution in [0.15, 0.2) is 34.3 Å². The summed E-state index contributed by atoms with van der Waals surface area (Å²) >= 11 is 1.51. The van der Waals surface area contributed by atoms with Crippen LogP contribution in [0.3, 0.4) is 0 Å². The highest BCUT2D eigenvalue weighted by molar-refractivity contribution is 8.00. The molecule has 1 aromatic carbocycles. The molecule has 27 heavy (non-hydrogen) atoms. The Morgan fingerprint density at radius 1 is 1.26 bits per heavy atom. The van der Waals surface area contributed by atoms with Crippen LogP contribution < -0.4 is 20.5 Å². The van der Waals surface area contributed by atoms with E-state index >= 15 is 0 Å². The maximum atomic E-state index is 13.0. The first kappa shape index (κ1) is 18.7. The van der Waals surface area contributed by atoms with Crippen molar-refractivity contribution in [3.63, 3.8) is 0 Å². The van der Waals surface area contributed by atoms with Crippen molar-refractivity contribution in [2.75, 3.05) is 25.3 Å². The Hall–Kier alpha value is -3.07. The van der Waals surface area contributed by atoms with Gasteiger partial charge in [-0.2, -0.15) is 0 Å². The Balaban J connectivity index is 2.03. The standard InChI is InChI=1S/C18H18N4O4S/c1-9-8-27-16-11(21-9)4-5-13(25-2)15(16)18(24)22-12-7-20-14(26-3)6-10(12)17(19)23/h4-7H,8H2,1-3H3,(H2,19,23)(H,22,24). The number of hydrogen-bond acceptors (Lipinski definition) is 7. The summed E-state index contributed by atoms with van der Waals surface area (Å²) in [4.78, 5) is 34.0. The van der Waals surface area contributed by atoms with Gasteiger partial charge in [0.1, 0.15) is 5.75 Å². The fraction of sp³-hybridized carbons (Fsp3) is 0.222. The molecule has 0 fully saturated rings. The van der Waals surface area contributed by atoms with Gasteiger partial charge >= 0.3 is 0 Å². The van der Waals surface area contributed by atoms with Crippen LogP contribution in [-0.4, -0.2) is 42.5 Å². The number of pyridine rings is 1. The number of anilines is 1.